The van der Waals surface area contributed by atoms with Crippen LogP contribution in [0.15, 0.2) is 47.4 Å². The molecule has 150 valence electrons. The summed E-state index contributed by atoms with van der Waals surface area (Å²) in [6.45, 7) is 0.958. The molecule has 1 saturated heterocycles. The van der Waals surface area contributed by atoms with Gasteiger partial charge in [-0.3, -0.25) is 4.79 Å². The van der Waals surface area contributed by atoms with Gasteiger partial charge in [-0.2, -0.15) is 4.31 Å². The summed E-state index contributed by atoms with van der Waals surface area (Å²) in [6.07, 6.45) is 2.73. The standard InChI is InChI=1S/C20H23FN2O4S/c1-27-18-10-9-17(22-20(24)13-15-5-7-16(21)8-6-15)14-19(18)28(25,26)23-11-3-2-4-12-23/h5-10,14H,2-4,11-13H2,1H3,(H,22,24). The topological polar surface area (TPSA) is 75.7 Å². The number of nitrogens with one attached hydrogen (secondary N) is 1. The van der Waals surface area contributed by atoms with E-state index in [2.05, 4.69) is 5.32 Å². The Balaban J connectivity index is 1.80. The van der Waals surface area contributed by atoms with Crippen molar-refractivity contribution in [2.24, 2.45) is 0 Å². The van der Waals surface area contributed by atoms with E-state index < -0.39 is 10.0 Å². The highest BCUT2D eigenvalue weighted by atomic mass is 32.2. The largest absolute Gasteiger partial charge is 0.495 e. The highest BCUT2D eigenvalue weighted by molar-refractivity contribution is 7.89. The first-order valence-corrected chi connectivity index (χ1v) is 10.6. The van der Waals surface area contributed by atoms with Gasteiger partial charge >= 0.3 is 0 Å². The van der Waals surface area contributed by atoms with Crippen LogP contribution >= 0.6 is 0 Å². The average molecular weight is 406 g/mol. The molecule has 1 N–H and O–H groups in total. The van der Waals surface area contributed by atoms with E-state index in [4.69, 9.17) is 4.74 Å². The predicted molar refractivity (Wildman–Crippen MR) is 104 cm³/mol. The fourth-order valence-electron chi connectivity index (χ4n) is 3.19. The molecule has 0 aliphatic carbocycles. The summed E-state index contributed by atoms with van der Waals surface area (Å²) in [6, 6.07) is 10.2. The van der Waals surface area contributed by atoms with Crippen molar-refractivity contribution < 1.29 is 22.3 Å². The third kappa shape index (κ3) is 4.69. The van der Waals surface area contributed by atoms with Crippen molar-refractivity contribution >= 4 is 21.6 Å². The number of methoxy groups -OCH3 is 1. The summed E-state index contributed by atoms with van der Waals surface area (Å²) in [5.74, 6) is -0.452. The summed E-state index contributed by atoms with van der Waals surface area (Å²) >= 11 is 0. The monoisotopic (exact) mass is 406 g/mol. The minimum absolute atomic E-state index is 0.0384. The van der Waals surface area contributed by atoms with E-state index in [1.807, 2.05) is 0 Å². The van der Waals surface area contributed by atoms with Crippen LogP contribution in [0.2, 0.25) is 0 Å². The fraction of sp³-hybridized carbons (Fsp3) is 0.350. The molecule has 28 heavy (non-hydrogen) atoms. The minimum Gasteiger partial charge on any atom is -0.495 e. The van der Waals surface area contributed by atoms with E-state index in [0.717, 1.165) is 19.3 Å². The molecule has 0 aromatic heterocycles. The van der Waals surface area contributed by atoms with Crippen LogP contribution in [0.25, 0.3) is 0 Å². The maximum Gasteiger partial charge on any atom is 0.246 e. The number of sulfonamides is 1. The molecule has 0 atom stereocenters. The molecule has 2 aromatic rings. The number of carbonyl (C=O) groups excluding carboxylic acids is 1. The summed E-state index contributed by atoms with van der Waals surface area (Å²) in [5.41, 5.74) is 1.03. The maximum atomic E-state index is 13.0. The van der Waals surface area contributed by atoms with Crippen LogP contribution in [0.4, 0.5) is 10.1 Å². The SMILES string of the molecule is COc1ccc(NC(=O)Cc2ccc(F)cc2)cc1S(=O)(=O)N1CCCCC1. The molecule has 1 fully saturated rings. The lowest BCUT2D eigenvalue weighted by Crippen LogP contribution is -2.35. The first-order chi connectivity index (χ1) is 13.4. The van der Waals surface area contributed by atoms with Crippen LogP contribution < -0.4 is 10.1 Å². The van der Waals surface area contributed by atoms with Crippen LogP contribution in [0, 0.1) is 5.82 Å². The number of ether oxygens (including phenoxy) is 1. The summed E-state index contributed by atoms with van der Waals surface area (Å²) in [5, 5.41) is 2.70. The number of hydrogen-bond donors (Lipinski definition) is 1. The first-order valence-electron chi connectivity index (χ1n) is 9.12. The van der Waals surface area contributed by atoms with Crippen LogP contribution in [-0.4, -0.2) is 38.8 Å². The zero-order valence-electron chi connectivity index (χ0n) is 15.7. The van der Waals surface area contributed by atoms with Gasteiger partial charge in [-0.15, -0.1) is 0 Å². The van der Waals surface area contributed by atoms with Crippen molar-refractivity contribution in [2.45, 2.75) is 30.6 Å². The fourth-order valence-corrected chi connectivity index (χ4v) is 4.89. The molecule has 6 nitrogen and oxygen atoms in total. The Labute approximate surface area is 164 Å². The molecule has 0 spiro atoms. The molecule has 1 aliphatic heterocycles. The van der Waals surface area contributed by atoms with E-state index in [0.29, 0.717) is 24.3 Å². The normalized spacial score (nSPS) is 15.2. The van der Waals surface area contributed by atoms with Crippen molar-refractivity contribution in [2.75, 3.05) is 25.5 Å². The van der Waals surface area contributed by atoms with Gasteiger partial charge in [-0.25, -0.2) is 12.8 Å². The predicted octanol–water partition coefficient (Wildman–Crippen LogP) is 3.19. The Morgan fingerprint density at radius 1 is 1.11 bits per heavy atom. The Bertz CT molecular complexity index is 939. The number of carbonyl (C=O) groups is 1. The third-order valence-electron chi connectivity index (χ3n) is 4.66. The van der Waals surface area contributed by atoms with Crippen molar-refractivity contribution in [1.29, 1.82) is 0 Å². The number of benzene rings is 2. The van der Waals surface area contributed by atoms with E-state index in [1.165, 1.54) is 47.8 Å². The molecular weight excluding hydrogens is 383 g/mol. The molecule has 0 saturated carbocycles. The van der Waals surface area contributed by atoms with Gasteiger partial charge in [0.1, 0.15) is 16.5 Å². The van der Waals surface area contributed by atoms with Gasteiger partial charge < -0.3 is 10.1 Å². The van der Waals surface area contributed by atoms with Gasteiger partial charge in [0.2, 0.25) is 15.9 Å². The maximum absolute atomic E-state index is 13.0. The van der Waals surface area contributed by atoms with Crippen LogP contribution in [-0.2, 0) is 21.2 Å². The molecule has 2 aromatic carbocycles. The Hall–Kier alpha value is -2.45. The van der Waals surface area contributed by atoms with E-state index >= 15 is 0 Å². The molecule has 1 heterocycles. The molecule has 0 unspecified atom stereocenters. The van der Waals surface area contributed by atoms with Gasteiger partial charge in [0.15, 0.2) is 0 Å². The van der Waals surface area contributed by atoms with Crippen molar-refractivity contribution in [1.82, 2.24) is 4.31 Å². The second-order valence-corrected chi connectivity index (χ2v) is 8.59. The van der Waals surface area contributed by atoms with E-state index in [-0.39, 0.29) is 28.8 Å². The van der Waals surface area contributed by atoms with E-state index in [1.54, 1.807) is 6.07 Å². The van der Waals surface area contributed by atoms with Gasteiger partial charge in [0.25, 0.3) is 0 Å². The lowest BCUT2D eigenvalue weighted by atomic mass is 10.1. The smallest absolute Gasteiger partial charge is 0.246 e. The summed E-state index contributed by atoms with van der Waals surface area (Å²) in [7, 11) is -2.30. The highest BCUT2D eigenvalue weighted by Crippen LogP contribution is 2.31. The molecule has 1 amide bonds. The van der Waals surface area contributed by atoms with Gasteiger partial charge in [-0.1, -0.05) is 18.6 Å². The zero-order valence-corrected chi connectivity index (χ0v) is 16.5. The molecule has 1 aliphatic rings. The quantitative estimate of drug-likeness (QED) is 0.799. The molecule has 0 bridgehead atoms. The number of hydrogen-bond acceptors (Lipinski definition) is 4. The number of anilines is 1. The number of amides is 1. The van der Waals surface area contributed by atoms with Crippen molar-refractivity contribution in [3.05, 3.63) is 53.8 Å². The van der Waals surface area contributed by atoms with Crippen molar-refractivity contribution in [3.63, 3.8) is 0 Å². The second kappa shape index (κ2) is 8.70. The summed E-state index contributed by atoms with van der Waals surface area (Å²) in [4.78, 5) is 12.3. The third-order valence-corrected chi connectivity index (χ3v) is 6.58. The van der Waals surface area contributed by atoms with E-state index in [9.17, 15) is 17.6 Å². The Morgan fingerprint density at radius 3 is 2.43 bits per heavy atom. The molecule has 3 rings (SSSR count). The van der Waals surface area contributed by atoms with Crippen LogP contribution in [0.5, 0.6) is 5.75 Å². The van der Waals surface area contributed by atoms with Crippen molar-refractivity contribution in [3.8, 4) is 5.75 Å². The molecule has 0 radical (unpaired) electrons. The highest BCUT2D eigenvalue weighted by Gasteiger charge is 2.29. The van der Waals surface area contributed by atoms with Gasteiger partial charge in [0.05, 0.1) is 13.5 Å². The Kier molecular flexibility index (Phi) is 6.31. The first kappa shape index (κ1) is 20.3. The number of piperidine rings is 1. The lowest BCUT2D eigenvalue weighted by molar-refractivity contribution is -0.115. The average Bonchev–Trinajstić information content (AvgIpc) is 2.70. The molecule has 8 heteroatoms. The minimum atomic E-state index is -3.71. The van der Waals surface area contributed by atoms with Crippen LogP contribution in [0.1, 0.15) is 24.8 Å². The molecular formula is C20H23FN2O4S. The lowest BCUT2D eigenvalue weighted by Gasteiger charge is -2.26. The van der Waals surface area contributed by atoms with Crippen LogP contribution in [0.3, 0.4) is 0 Å². The van der Waals surface area contributed by atoms with Gasteiger partial charge in [-0.05, 0) is 48.7 Å². The second-order valence-electron chi connectivity index (χ2n) is 6.68. The Morgan fingerprint density at radius 2 is 1.79 bits per heavy atom. The number of halogens is 1. The number of nitrogens with zero attached hydrogens (tertiary/aromatic N) is 1. The van der Waals surface area contributed by atoms with Gasteiger partial charge in [0, 0.05) is 18.8 Å². The number of rotatable bonds is 6. The zero-order chi connectivity index (χ0) is 20.1. The summed E-state index contributed by atoms with van der Waals surface area (Å²) < 4.78 is 45.7.